The zero-order valence-electron chi connectivity index (χ0n) is 17.3. The normalized spacial score (nSPS) is 17.8. The van der Waals surface area contributed by atoms with Crippen molar-refractivity contribution in [2.24, 2.45) is 0 Å². The van der Waals surface area contributed by atoms with Crippen LogP contribution in [0.1, 0.15) is 11.1 Å². The Morgan fingerprint density at radius 3 is 2.36 bits per heavy atom. The maximum absolute atomic E-state index is 9.80. The van der Waals surface area contributed by atoms with E-state index in [4.69, 9.17) is 0 Å². The van der Waals surface area contributed by atoms with Crippen LogP contribution in [-0.4, -0.2) is 50.1 Å². The van der Waals surface area contributed by atoms with Crippen molar-refractivity contribution < 1.29 is 10.2 Å². The van der Waals surface area contributed by atoms with Gasteiger partial charge >= 0.3 is 0 Å². The number of anilines is 1. The number of nitriles is 2. The summed E-state index contributed by atoms with van der Waals surface area (Å²) in [6, 6.07) is 17.5. The van der Waals surface area contributed by atoms with Crippen molar-refractivity contribution in [3.63, 3.8) is 0 Å². The van der Waals surface area contributed by atoms with Gasteiger partial charge in [0.1, 0.15) is 18.0 Å². The fourth-order valence-corrected chi connectivity index (χ4v) is 4.96. The molecule has 9 heteroatoms. The van der Waals surface area contributed by atoms with Crippen molar-refractivity contribution in [1.82, 2.24) is 14.6 Å². The van der Waals surface area contributed by atoms with Crippen molar-refractivity contribution in [2.45, 2.75) is 22.0 Å². The summed E-state index contributed by atoms with van der Waals surface area (Å²) in [5, 5.41) is 43.0. The van der Waals surface area contributed by atoms with Crippen LogP contribution in [0.15, 0.2) is 70.8 Å². The van der Waals surface area contributed by atoms with Crippen LogP contribution in [0.2, 0.25) is 0 Å². The van der Waals surface area contributed by atoms with E-state index in [0.717, 1.165) is 20.9 Å². The highest BCUT2D eigenvalue weighted by molar-refractivity contribution is 7.99. The molecule has 0 saturated carbocycles. The SMILES string of the molecule is N#Cc1ccccc1Sc1cc(-c2ccc(N3C[C@@H](O)[C@@H](O)C3)nc2)cn2ncc(C#N)c12. The molecule has 3 aromatic heterocycles. The molecule has 1 aromatic carbocycles. The number of aliphatic hydroxyl groups excluding tert-OH is 2. The van der Waals surface area contributed by atoms with Crippen LogP contribution in [-0.2, 0) is 0 Å². The lowest BCUT2D eigenvalue weighted by Gasteiger charge is -2.16. The summed E-state index contributed by atoms with van der Waals surface area (Å²) in [6.45, 7) is 0.672. The van der Waals surface area contributed by atoms with Crippen molar-refractivity contribution in [3.8, 4) is 23.3 Å². The zero-order valence-corrected chi connectivity index (χ0v) is 18.1. The predicted molar refractivity (Wildman–Crippen MR) is 123 cm³/mol. The Morgan fingerprint density at radius 2 is 1.67 bits per heavy atom. The third-order valence-corrected chi connectivity index (χ3v) is 6.70. The molecular weight excluding hydrogens is 436 g/mol. The minimum absolute atomic E-state index is 0.336. The van der Waals surface area contributed by atoms with Gasteiger partial charge in [0.25, 0.3) is 0 Å². The first-order chi connectivity index (χ1) is 16.1. The molecule has 2 N–H and O–H groups in total. The summed E-state index contributed by atoms with van der Waals surface area (Å²) < 4.78 is 1.67. The van der Waals surface area contributed by atoms with Crippen LogP contribution in [0.3, 0.4) is 0 Å². The molecule has 0 aliphatic carbocycles. The molecule has 1 aliphatic rings. The Hall–Kier alpha value is -3.89. The quantitative estimate of drug-likeness (QED) is 0.483. The Balaban J connectivity index is 1.54. The van der Waals surface area contributed by atoms with E-state index in [9.17, 15) is 20.7 Å². The molecule has 0 unspecified atom stereocenters. The molecule has 5 rings (SSSR count). The highest BCUT2D eigenvalue weighted by Gasteiger charge is 2.30. The molecular formula is C24H18N6O2S. The number of benzene rings is 1. The van der Waals surface area contributed by atoms with Gasteiger partial charge in [0.05, 0.1) is 35.0 Å². The first-order valence-corrected chi connectivity index (χ1v) is 11.0. The molecule has 8 nitrogen and oxygen atoms in total. The maximum atomic E-state index is 9.80. The molecule has 1 saturated heterocycles. The topological polar surface area (TPSA) is 121 Å². The van der Waals surface area contributed by atoms with E-state index >= 15 is 0 Å². The molecule has 162 valence electrons. The van der Waals surface area contributed by atoms with Crippen LogP contribution in [0.25, 0.3) is 16.6 Å². The lowest BCUT2D eigenvalue weighted by Crippen LogP contribution is -2.22. The van der Waals surface area contributed by atoms with E-state index in [-0.39, 0.29) is 0 Å². The highest BCUT2D eigenvalue weighted by Crippen LogP contribution is 2.37. The first kappa shape index (κ1) is 21.0. The van der Waals surface area contributed by atoms with Gasteiger partial charge < -0.3 is 15.1 Å². The second-order valence-corrected chi connectivity index (χ2v) is 8.79. The van der Waals surface area contributed by atoms with E-state index in [0.29, 0.717) is 35.6 Å². The number of β-amino-alcohol motifs (C(OH)–C–C–N with tert-alkyl or cyclic N) is 2. The third-order valence-electron chi connectivity index (χ3n) is 5.59. The van der Waals surface area contributed by atoms with E-state index in [1.165, 1.54) is 18.0 Å². The Bertz CT molecular complexity index is 1410. The van der Waals surface area contributed by atoms with Crippen LogP contribution in [0.5, 0.6) is 0 Å². The third kappa shape index (κ3) is 3.90. The number of aliphatic hydroxyl groups is 2. The molecule has 4 heterocycles. The summed E-state index contributed by atoms with van der Waals surface area (Å²) in [5.41, 5.74) is 3.41. The fraction of sp³-hybridized carbons (Fsp3) is 0.167. The van der Waals surface area contributed by atoms with E-state index in [1.807, 2.05) is 47.5 Å². The van der Waals surface area contributed by atoms with Crippen LogP contribution >= 0.6 is 11.8 Å². The molecule has 1 aliphatic heterocycles. The van der Waals surface area contributed by atoms with Gasteiger partial charge in [-0.15, -0.1) is 0 Å². The summed E-state index contributed by atoms with van der Waals surface area (Å²) >= 11 is 1.42. The predicted octanol–water partition coefficient (Wildman–Crippen LogP) is 2.83. The minimum Gasteiger partial charge on any atom is -0.389 e. The summed E-state index contributed by atoms with van der Waals surface area (Å²) in [6.07, 6.45) is 3.55. The van der Waals surface area contributed by atoms with Crippen LogP contribution < -0.4 is 4.90 Å². The van der Waals surface area contributed by atoms with Gasteiger partial charge in [-0.2, -0.15) is 15.6 Å². The summed E-state index contributed by atoms with van der Waals surface area (Å²) in [4.78, 5) is 7.96. The minimum atomic E-state index is -0.779. The monoisotopic (exact) mass is 454 g/mol. The summed E-state index contributed by atoms with van der Waals surface area (Å²) in [5.74, 6) is 0.679. The average Bonchev–Trinajstić information content (AvgIpc) is 3.42. The van der Waals surface area contributed by atoms with Crippen LogP contribution in [0, 0.1) is 22.7 Å². The molecule has 0 radical (unpaired) electrons. The number of rotatable bonds is 4. The second-order valence-electron chi connectivity index (χ2n) is 7.71. The molecule has 0 bridgehead atoms. The van der Waals surface area contributed by atoms with E-state index in [2.05, 4.69) is 22.2 Å². The Morgan fingerprint density at radius 1 is 0.909 bits per heavy atom. The number of hydrogen-bond acceptors (Lipinski definition) is 8. The highest BCUT2D eigenvalue weighted by atomic mass is 32.2. The lowest BCUT2D eigenvalue weighted by atomic mass is 10.1. The van der Waals surface area contributed by atoms with Crippen molar-refractivity contribution >= 4 is 23.1 Å². The van der Waals surface area contributed by atoms with Gasteiger partial charge in [-0.25, -0.2) is 9.50 Å². The molecule has 4 aromatic rings. The maximum Gasteiger partial charge on any atom is 0.128 e. The lowest BCUT2D eigenvalue weighted by molar-refractivity contribution is 0.0572. The number of hydrogen-bond donors (Lipinski definition) is 2. The smallest absolute Gasteiger partial charge is 0.128 e. The molecule has 0 amide bonds. The van der Waals surface area contributed by atoms with E-state index < -0.39 is 12.2 Å². The Kier molecular flexibility index (Phi) is 5.45. The number of nitrogens with zero attached hydrogens (tertiary/aromatic N) is 6. The number of aromatic nitrogens is 3. The van der Waals surface area contributed by atoms with Crippen molar-refractivity contribution in [2.75, 3.05) is 18.0 Å². The summed E-state index contributed by atoms with van der Waals surface area (Å²) in [7, 11) is 0. The second kappa shape index (κ2) is 8.57. The largest absolute Gasteiger partial charge is 0.389 e. The van der Waals surface area contributed by atoms with Crippen molar-refractivity contribution in [1.29, 1.82) is 10.5 Å². The average molecular weight is 455 g/mol. The first-order valence-electron chi connectivity index (χ1n) is 10.2. The van der Waals surface area contributed by atoms with Gasteiger partial charge in [0.15, 0.2) is 0 Å². The molecule has 2 atom stereocenters. The van der Waals surface area contributed by atoms with E-state index in [1.54, 1.807) is 16.8 Å². The van der Waals surface area contributed by atoms with Gasteiger partial charge in [-0.05, 0) is 30.3 Å². The van der Waals surface area contributed by atoms with Gasteiger partial charge in [0.2, 0.25) is 0 Å². The number of fused-ring (bicyclic) bond motifs is 1. The molecule has 33 heavy (non-hydrogen) atoms. The van der Waals surface area contributed by atoms with Crippen molar-refractivity contribution in [3.05, 3.63) is 72.2 Å². The van der Waals surface area contributed by atoms with Crippen LogP contribution in [0.4, 0.5) is 5.82 Å². The van der Waals surface area contributed by atoms with Gasteiger partial charge in [-0.1, -0.05) is 23.9 Å². The van der Waals surface area contributed by atoms with Gasteiger partial charge in [-0.3, -0.25) is 0 Å². The fourth-order valence-electron chi connectivity index (χ4n) is 3.87. The molecule has 0 spiro atoms. The Labute approximate surface area is 194 Å². The number of pyridine rings is 2. The standard InChI is InChI=1S/C24H18N6O2S/c25-8-15-3-1-2-4-21(15)33-22-7-17(12-30-24(22)18(9-26)11-28-30)16-5-6-23(27-10-16)29-13-19(31)20(32)14-29/h1-7,10-12,19-20,31-32H,13-14H2/t19-,20+. The zero-order chi connectivity index (χ0) is 22.9. The van der Waals surface area contributed by atoms with Gasteiger partial charge in [0, 0.05) is 46.4 Å². The molecule has 1 fully saturated rings.